The SMILES string of the molecule is C[C@@H]1C[C@@H](N2CCC[C@H]2Cn2cncn2)C(=O)O1. The van der Waals surface area contributed by atoms with Crippen LogP contribution in [0.1, 0.15) is 26.2 Å². The monoisotopic (exact) mass is 250 g/mol. The van der Waals surface area contributed by atoms with E-state index in [0.29, 0.717) is 6.04 Å². The largest absolute Gasteiger partial charge is 0.461 e. The highest BCUT2D eigenvalue weighted by atomic mass is 16.6. The van der Waals surface area contributed by atoms with E-state index in [1.165, 1.54) is 0 Å². The first-order valence-corrected chi connectivity index (χ1v) is 6.52. The topological polar surface area (TPSA) is 60.2 Å². The number of carbonyl (C=O) groups is 1. The van der Waals surface area contributed by atoms with E-state index in [-0.39, 0.29) is 18.1 Å². The number of likely N-dealkylation sites (tertiary alicyclic amines) is 1. The summed E-state index contributed by atoms with van der Waals surface area (Å²) in [5.74, 6) is -0.0620. The molecule has 0 aliphatic carbocycles. The van der Waals surface area contributed by atoms with Gasteiger partial charge in [-0.05, 0) is 26.3 Å². The molecule has 0 spiro atoms. The summed E-state index contributed by atoms with van der Waals surface area (Å²) in [6, 6.07) is 0.311. The van der Waals surface area contributed by atoms with Crippen molar-refractivity contribution < 1.29 is 9.53 Å². The van der Waals surface area contributed by atoms with Gasteiger partial charge in [0.1, 0.15) is 24.8 Å². The number of ether oxygens (including phenoxy) is 1. The molecule has 0 aromatic carbocycles. The predicted molar refractivity (Wildman–Crippen MR) is 63.7 cm³/mol. The smallest absolute Gasteiger partial charge is 0.323 e. The molecule has 0 bridgehead atoms. The highest BCUT2D eigenvalue weighted by molar-refractivity contribution is 5.78. The van der Waals surface area contributed by atoms with Crippen LogP contribution in [0.2, 0.25) is 0 Å². The summed E-state index contributed by atoms with van der Waals surface area (Å²) >= 11 is 0. The van der Waals surface area contributed by atoms with Crippen molar-refractivity contribution in [3.63, 3.8) is 0 Å². The van der Waals surface area contributed by atoms with Crippen molar-refractivity contribution in [1.29, 1.82) is 0 Å². The average Bonchev–Trinajstić information content (AvgIpc) is 3.02. The Balaban J connectivity index is 1.69. The lowest BCUT2D eigenvalue weighted by atomic mass is 10.1. The Hall–Kier alpha value is -1.43. The molecule has 2 aliphatic rings. The average molecular weight is 250 g/mol. The van der Waals surface area contributed by atoms with Crippen molar-refractivity contribution in [3.05, 3.63) is 12.7 Å². The van der Waals surface area contributed by atoms with Crippen LogP contribution < -0.4 is 0 Å². The molecule has 2 aliphatic heterocycles. The van der Waals surface area contributed by atoms with Crippen LogP contribution in [-0.2, 0) is 16.1 Å². The highest BCUT2D eigenvalue weighted by Gasteiger charge is 2.41. The molecular formula is C12H18N4O2. The molecule has 6 nitrogen and oxygen atoms in total. The van der Waals surface area contributed by atoms with E-state index in [1.807, 2.05) is 11.6 Å². The van der Waals surface area contributed by atoms with E-state index in [2.05, 4.69) is 15.0 Å². The van der Waals surface area contributed by atoms with Gasteiger partial charge in [0.25, 0.3) is 0 Å². The van der Waals surface area contributed by atoms with E-state index in [4.69, 9.17) is 4.74 Å². The van der Waals surface area contributed by atoms with Crippen molar-refractivity contribution in [2.75, 3.05) is 6.54 Å². The Morgan fingerprint density at radius 1 is 1.56 bits per heavy atom. The fourth-order valence-electron chi connectivity index (χ4n) is 3.01. The van der Waals surface area contributed by atoms with Crippen molar-refractivity contribution in [1.82, 2.24) is 19.7 Å². The Kier molecular flexibility index (Phi) is 3.03. The molecule has 3 heterocycles. The van der Waals surface area contributed by atoms with Gasteiger partial charge in [-0.15, -0.1) is 0 Å². The zero-order valence-electron chi connectivity index (χ0n) is 10.5. The minimum absolute atomic E-state index is 0.0510. The number of hydrogen-bond acceptors (Lipinski definition) is 5. The van der Waals surface area contributed by atoms with E-state index in [1.54, 1.807) is 12.7 Å². The first-order valence-electron chi connectivity index (χ1n) is 6.52. The van der Waals surface area contributed by atoms with E-state index >= 15 is 0 Å². The number of aromatic nitrogens is 3. The Bertz CT molecular complexity index is 420. The number of carbonyl (C=O) groups excluding carboxylic acids is 1. The zero-order chi connectivity index (χ0) is 12.5. The number of nitrogens with zero attached hydrogens (tertiary/aromatic N) is 4. The summed E-state index contributed by atoms with van der Waals surface area (Å²) in [5.41, 5.74) is 0. The lowest BCUT2D eigenvalue weighted by Crippen LogP contribution is -2.43. The lowest BCUT2D eigenvalue weighted by molar-refractivity contribution is -0.145. The van der Waals surface area contributed by atoms with Gasteiger partial charge in [0.2, 0.25) is 0 Å². The lowest BCUT2D eigenvalue weighted by Gasteiger charge is -2.27. The molecule has 6 heteroatoms. The van der Waals surface area contributed by atoms with Gasteiger partial charge in [-0.3, -0.25) is 14.4 Å². The number of rotatable bonds is 3. The fourth-order valence-corrected chi connectivity index (χ4v) is 3.01. The van der Waals surface area contributed by atoms with Crippen LogP contribution >= 0.6 is 0 Å². The second-order valence-corrected chi connectivity index (χ2v) is 5.15. The Labute approximate surface area is 106 Å². The molecular weight excluding hydrogens is 232 g/mol. The van der Waals surface area contributed by atoms with Crippen molar-refractivity contribution in [2.45, 2.75) is 50.9 Å². The van der Waals surface area contributed by atoms with Crippen LogP contribution in [-0.4, -0.2) is 50.4 Å². The number of cyclic esters (lactones) is 1. The van der Waals surface area contributed by atoms with Gasteiger partial charge in [-0.25, -0.2) is 4.98 Å². The molecule has 0 saturated carbocycles. The van der Waals surface area contributed by atoms with Crippen molar-refractivity contribution in [2.24, 2.45) is 0 Å². The fraction of sp³-hybridized carbons (Fsp3) is 0.750. The third-order valence-corrected chi connectivity index (χ3v) is 3.83. The summed E-state index contributed by atoms with van der Waals surface area (Å²) in [4.78, 5) is 18.1. The van der Waals surface area contributed by atoms with Gasteiger partial charge in [-0.1, -0.05) is 0 Å². The van der Waals surface area contributed by atoms with Crippen LogP contribution in [0, 0.1) is 0 Å². The molecule has 3 rings (SSSR count). The van der Waals surface area contributed by atoms with E-state index in [9.17, 15) is 4.79 Å². The third-order valence-electron chi connectivity index (χ3n) is 3.83. The maximum absolute atomic E-state index is 11.8. The number of esters is 1. The van der Waals surface area contributed by atoms with Gasteiger partial charge in [-0.2, -0.15) is 5.10 Å². The summed E-state index contributed by atoms with van der Waals surface area (Å²) in [6.07, 6.45) is 6.38. The molecule has 18 heavy (non-hydrogen) atoms. The molecule has 2 saturated heterocycles. The van der Waals surface area contributed by atoms with Gasteiger partial charge >= 0.3 is 5.97 Å². The first kappa shape index (κ1) is 11.6. The molecule has 98 valence electrons. The third kappa shape index (κ3) is 2.12. The van der Waals surface area contributed by atoms with E-state index in [0.717, 1.165) is 32.4 Å². The number of hydrogen-bond donors (Lipinski definition) is 0. The molecule has 0 unspecified atom stereocenters. The van der Waals surface area contributed by atoms with Gasteiger partial charge in [0, 0.05) is 12.5 Å². The van der Waals surface area contributed by atoms with Crippen LogP contribution in [0.15, 0.2) is 12.7 Å². The van der Waals surface area contributed by atoms with Crippen LogP contribution in [0.4, 0.5) is 0 Å². The zero-order valence-corrected chi connectivity index (χ0v) is 10.5. The molecule has 0 radical (unpaired) electrons. The van der Waals surface area contributed by atoms with Gasteiger partial charge in [0.05, 0.1) is 6.54 Å². The Morgan fingerprint density at radius 3 is 3.11 bits per heavy atom. The van der Waals surface area contributed by atoms with Gasteiger partial charge < -0.3 is 4.74 Å². The molecule has 2 fully saturated rings. The summed E-state index contributed by atoms with van der Waals surface area (Å²) in [7, 11) is 0. The normalized spacial score (nSPS) is 32.9. The highest BCUT2D eigenvalue weighted by Crippen LogP contribution is 2.28. The second kappa shape index (κ2) is 4.68. The molecule has 1 aromatic heterocycles. The quantitative estimate of drug-likeness (QED) is 0.729. The molecule has 0 N–H and O–H groups in total. The summed E-state index contributed by atoms with van der Waals surface area (Å²) in [6.45, 7) is 3.74. The van der Waals surface area contributed by atoms with Crippen LogP contribution in [0.5, 0.6) is 0 Å². The molecule has 0 amide bonds. The summed E-state index contributed by atoms with van der Waals surface area (Å²) < 4.78 is 7.09. The maximum Gasteiger partial charge on any atom is 0.323 e. The standard InChI is InChI=1S/C12H18N4O2/c1-9-5-11(12(17)18-9)16-4-2-3-10(16)6-15-8-13-7-14-15/h7-11H,2-6H2,1H3/t9-,10+,11-/m1/s1. The first-order chi connectivity index (χ1) is 8.74. The minimum Gasteiger partial charge on any atom is -0.461 e. The molecule has 3 atom stereocenters. The van der Waals surface area contributed by atoms with Crippen molar-refractivity contribution in [3.8, 4) is 0 Å². The van der Waals surface area contributed by atoms with Crippen LogP contribution in [0.25, 0.3) is 0 Å². The maximum atomic E-state index is 11.8. The van der Waals surface area contributed by atoms with Gasteiger partial charge in [0.15, 0.2) is 0 Å². The second-order valence-electron chi connectivity index (χ2n) is 5.15. The van der Waals surface area contributed by atoms with Crippen LogP contribution in [0.3, 0.4) is 0 Å². The van der Waals surface area contributed by atoms with Crippen molar-refractivity contribution >= 4 is 5.97 Å². The summed E-state index contributed by atoms with van der Waals surface area (Å²) in [5, 5.41) is 4.14. The van der Waals surface area contributed by atoms with E-state index < -0.39 is 0 Å². The predicted octanol–water partition coefficient (Wildman–Crippen LogP) is 0.447. The Morgan fingerprint density at radius 2 is 2.44 bits per heavy atom. The molecule has 1 aromatic rings. The minimum atomic E-state index is -0.0620.